The summed E-state index contributed by atoms with van der Waals surface area (Å²) in [4.78, 5) is 0. The molecule has 1 aromatic rings. The lowest BCUT2D eigenvalue weighted by Gasteiger charge is -2.22. The smallest absolute Gasteiger partial charge is 0.0720 e. The van der Waals surface area contributed by atoms with Crippen LogP contribution in [-0.2, 0) is 27.4 Å². The van der Waals surface area contributed by atoms with Gasteiger partial charge in [-0.15, -0.1) is 0 Å². The van der Waals surface area contributed by atoms with Crippen molar-refractivity contribution in [1.82, 2.24) is 5.32 Å². The van der Waals surface area contributed by atoms with Crippen LogP contribution in [0.15, 0.2) is 24.3 Å². The summed E-state index contributed by atoms with van der Waals surface area (Å²) in [5.74, 6) is 0. The first-order chi connectivity index (χ1) is 10.8. The van der Waals surface area contributed by atoms with E-state index in [0.29, 0.717) is 24.9 Å². The molecule has 1 N–H and O–H groups in total. The minimum absolute atomic E-state index is 0.326. The fourth-order valence-electron chi connectivity index (χ4n) is 3.06. The molecule has 122 valence electrons. The van der Waals surface area contributed by atoms with Crippen molar-refractivity contribution in [2.45, 2.75) is 57.6 Å². The van der Waals surface area contributed by atoms with Crippen molar-refractivity contribution < 1.29 is 14.2 Å². The lowest BCUT2D eigenvalue weighted by molar-refractivity contribution is -0.0390. The van der Waals surface area contributed by atoms with E-state index in [4.69, 9.17) is 14.2 Å². The number of benzene rings is 1. The van der Waals surface area contributed by atoms with Crippen LogP contribution in [0.5, 0.6) is 0 Å². The van der Waals surface area contributed by atoms with Crippen molar-refractivity contribution in [1.29, 1.82) is 0 Å². The average Bonchev–Trinajstić information content (AvgIpc) is 2.98. The van der Waals surface area contributed by atoms with Crippen LogP contribution in [0, 0.1) is 0 Å². The Balaban J connectivity index is 1.41. The van der Waals surface area contributed by atoms with E-state index >= 15 is 0 Å². The fraction of sp³-hybridized carbons (Fsp3) is 0.667. The van der Waals surface area contributed by atoms with E-state index in [2.05, 4.69) is 36.5 Å². The van der Waals surface area contributed by atoms with E-state index < -0.39 is 0 Å². The molecule has 0 bridgehead atoms. The monoisotopic (exact) mass is 305 g/mol. The first-order valence-corrected chi connectivity index (χ1v) is 8.43. The Kier molecular flexibility index (Phi) is 5.84. The molecule has 22 heavy (non-hydrogen) atoms. The van der Waals surface area contributed by atoms with Gasteiger partial charge in [0, 0.05) is 32.4 Å². The molecular weight excluding hydrogens is 278 g/mol. The summed E-state index contributed by atoms with van der Waals surface area (Å²) < 4.78 is 16.9. The molecule has 0 unspecified atom stereocenters. The minimum atomic E-state index is 0.326. The van der Waals surface area contributed by atoms with Gasteiger partial charge in [0.2, 0.25) is 0 Å². The highest BCUT2D eigenvalue weighted by atomic mass is 16.5. The molecule has 1 aromatic carbocycles. The zero-order chi connectivity index (χ0) is 15.2. The second-order valence-corrected chi connectivity index (χ2v) is 6.29. The third-order valence-electron chi connectivity index (χ3n) is 4.62. The van der Waals surface area contributed by atoms with Gasteiger partial charge in [-0.2, -0.15) is 0 Å². The van der Waals surface area contributed by atoms with Crippen LogP contribution in [0.2, 0.25) is 0 Å². The molecule has 2 heterocycles. The van der Waals surface area contributed by atoms with Gasteiger partial charge in [0.15, 0.2) is 0 Å². The number of ether oxygens (including phenoxy) is 3. The second-order valence-electron chi connectivity index (χ2n) is 6.29. The van der Waals surface area contributed by atoms with E-state index in [1.165, 1.54) is 11.1 Å². The highest BCUT2D eigenvalue weighted by Gasteiger charge is 2.23. The van der Waals surface area contributed by atoms with Crippen molar-refractivity contribution in [3.05, 3.63) is 35.4 Å². The number of nitrogens with one attached hydrogen (secondary N) is 1. The predicted octanol–water partition coefficient (Wildman–Crippen LogP) is 2.65. The summed E-state index contributed by atoms with van der Waals surface area (Å²) in [6, 6.07) is 9.21. The molecule has 3 rings (SSSR count). The maximum Gasteiger partial charge on any atom is 0.0720 e. The molecule has 0 amide bonds. The second kappa shape index (κ2) is 8.06. The van der Waals surface area contributed by atoms with E-state index in [0.717, 1.165) is 45.6 Å². The Morgan fingerprint density at radius 3 is 2.45 bits per heavy atom. The SMILES string of the molecule is C[C@H]1OCC[C@H]1NCc1ccc(COC2CCOCC2)cc1. The fourth-order valence-corrected chi connectivity index (χ4v) is 3.06. The van der Waals surface area contributed by atoms with Crippen molar-refractivity contribution in [2.75, 3.05) is 19.8 Å². The standard InChI is InChI=1S/C18H27NO3/c1-14-18(8-11-21-14)19-12-15-2-4-16(5-3-15)13-22-17-6-9-20-10-7-17/h2-5,14,17-19H,6-13H2,1H3/t14-,18-/m1/s1. The van der Waals surface area contributed by atoms with Crippen molar-refractivity contribution in [3.63, 3.8) is 0 Å². The van der Waals surface area contributed by atoms with Gasteiger partial charge in [0.25, 0.3) is 0 Å². The lowest BCUT2D eigenvalue weighted by Crippen LogP contribution is -2.34. The summed E-state index contributed by atoms with van der Waals surface area (Å²) in [6.45, 7) is 6.28. The largest absolute Gasteiger partial charge is 0.381 e. The summed E-state index contributed by atoms with van der Waals surface area (Å²) in [5, 5.41) is 3.58. The quantitative estimate of drug-likeness (QED) is 0.877. The van der Waals surface area contributed by atoms with Gasteiger partial charge in [-0.3, -0.25) is 0 Å². The Morgan fingerprint density at radius 1 is 1.05 bits per heavy atom. The molecular formula is C18H27NO3. The molecule has 2 saturated heterocycles. The zero-order valence-corrected chi connectivity index (χ0v) is 13.4. The van der Waals surface area contributed by atoms with Crippen molar-refractivity contribution in [3.8, 4) is 0 Å². The first-order valence-electron chi connectivity index (χ1n) is 8.43. The molecule has 0 aromatic heterocycles. The molecule has 0 radical (unpaired) electrons. The molecule has 2 aliphatic rings. The van der Waals surface area contributed by atoms with Crippen LogP contribution in [0.1, 0.15) is 37.3 Å². The summed E-state index contributed by atoms with van der Waals surface area (Å²) in [7, 11) is 0. The van der Waals surface area contributed by atoms with Gasteiger partial charge < -0.3 is 19.5 Å². The van der Waals surface area contributed by atoms with Crippen LogP contribution in [0.25, 0.3) is 0 Å². The Morgan fingerprint density at radius 2 is 1.77 bits per heavy atom. The summed E-state index contributed by atoms with van der Waals surface area (Å²) in [5.41, 5.74) is 2.56. The van der Waals surface area contributed by atoms with E-state index in [-0.39, 0.29) is 0 Å². The maximum absolute atomic E-state index is 5.95. The highest BCUT2D eigenvalue weighted by Crippen LogP contribution is 2.15. The van der Waals surface area contributed by atoms with Crippen LogP contribution in [-0.4, -0.2) is 38.1 Å². The highest BCUT2D eigenvalue weighted by molar-refractivity contribution is 5.22. The third-order valence-corrected chi connectivity index (χ3v) is 4.62. The molecule has 0 spiro atoms. The molecule has 2 aliphatic heterocycles. The van der Waals surface area contributed by atoms with E-state index in [9.17, 15) is 0 Å². The third kappa shape index (κ3) is 4.53. The molecule has 4 heteroatoms. The maximum atomic E-state index is 5.95. The summed E-state index contributed by atoms with van der Waals surface area (Å²) in [6.07, 6.45) is 3.83. The van der Waals surface area contributed by atoms with Gasteiger partial charge in [-0.1, -0.05) is 24.3 Å². The average molecular weight is 305 g/mol. The van der Waals surface area contributed by atoms with Crippen LogP contribution in [0.4, 0.5) is 0 Å². The van der Waals surface area contributed by atoms with Gasteiger partial charge >= 0.3 is 0 Å². The minimum Gasteiger partial charge on any atom is -0.381 e. The van der Waals surface area contributed by atoms with E-state index in [1.54, 1.807) is 0 Å². The Labute approximate surface area is 133 Å². The normalized spacial score (nSPS) is 26.4. The number of hydrogen-bond acceptors (Lipinski definition) is 4. The summed E-state index contributed by atoms with van der Waals surface area (Å²) >= 11 is 0. The Hall–Kier alpha value is -0.940. The van der Waals surface area contributed by atoms with Crippen LogP contribution in [0.3, 0.4) is 0 Å². The van der Waals surface area contributed by atoms with E-state index in [1.807, 2.05) is 0 Å². The first kappa shape index (κ1) is 15.9. The van der Waals surface area contributed by atoms with Crippen molar-refractivity contribution in [2.24, 2.45) is 0 Å². The molecule has 4 nitrogen and oxygen atoms in total. The number of hydrogen-bond donors (Lipinski definition) is 1. The topological polar surface area (TPSA) is 39.7 Å². The van der Waals surface area contributed by atoms with Gasteiger partial charge in [0.1, 0.15) is 0 Å². The Bertz CT molecular complexity index is 442. The zero-order valence-electron chi connectivity index (χ0n) is 13.4. The molecule has 0 saturated carbocycles. The van der Waals surface area contributed by atoms with Crippen molar-refractivity contribution >= 4 is 0 Å². The number of rotatable bonds is 6. The van der Waals surface area contributed by atoms with Crippen LogP contribution >= 0.6 is 0 Å². The van der Waals surface area contributed by atoms with Gasteiger partial charge in [-0.25, -0.2) is 0 Å². The molecule has 2 atom stereocenters. The molecule has 2 fully saturated rings. The van der Waals surface area contributed by atoms with Gasteiger partial charge in [-0.05, 0) is 37.3 Å². The molecule has 0 aliphatic carbocycles. The van der Waals surface area contributed by atoms with Crippen LogP contribution < -0.4 is 5.32 Å². The predicted molar refractivity (Wildman–Crippen MR) is 85.7 cm³/mol. The van der Waals surface area contributed by atoms with Gasteiger partial charge in [0.05, 0.1) is 18.8 Å². The lowest BCUT2D eigenvalue weighted by atomic mass is 10.1.